The Morgan fingerprint density at radius 2 is 1.92 bits per heavy atom. The van der Waals surface area contributed by atoms with Crippen molar-refractivity contribution in [1.29, 1.82) is 0 Å². The van der Waals surface area contributed by atoms with Gasteiger partial charge < -0.3 is 14.7 Å². The number of hydrogen-bond acceptors (Lipinski definition) is 5. The van der Waals surface area contributed by atoms with Crippen molar-refractivity contribution < 1.29 is 9.59 Å². The third kappa shape index (κ3) is 4.74. The number of rotatable bonds is 6. The SMILES string of the molecule is CCN1CCN(C(=O)CCN(C(=O)c2cnccn2)C(C)C)CC1. The van der Waals surface area contributed by atoms with Gasteiger partial charge in [0.05, 0.1) is 6.20 Å². The van der Waals surface area contributed by atoms with Gasteiger partial charge in [-0.1, -0.05) is 6.92 Å². The van der Waals surface area contributed by atoms with Crippen LogP contribution in [-0.2, 0) is 4.79 Å². The first-order valence-electron chi connectivity index (χ1n) is 8.60. The molecule has 0 aromatic carbocycles. The van der Waals surface area contributed by atoms with E-state index in [4.69, 9.17) is 0 Å². The maximum atomic E-state index is 12.5. The number of likely N-dealkylation sites (N-methyl/N-ethyl adjacent to an activating group) is 1. The number of nitrogens with zero attached hydrogens (tertiary/aromatic N) is 5. The van der Waals surface area contributed by atoms with Gasteiger partial charge in [-0.3, -0.25) is 14.6 Å². The van der Waals surface area contributed by atoms with Gasteiger partial charge >= 0.3 is 0 Å². The zero-order valence-corrected chi connectivity index (χ0v) is 14.8. The molecule has 2 rings (SSSR count). The van der Waals surface area contributed by atoms with E-state index in [9.17, 15) is 9.59 Å². The fourth-order valence-corrected chi connectivity index (χ4v) is 2.84. The van der Waals surface area contributed by atoms with Crippen LogP contribution < -0.4 is 0 Å². The standard InChI is InChI=1S/C17H27N5O2/c1-4-20-9-11-21(12-10-20)16(23)5-8-22(14(2)3)17(24)15-13-18-6-7-19-15/h6-7,13-14H,4-5,8-12H2,1-3H3. The molecule has 1 aliphatic rings. The summed E-state index contributed by atoms with van der Waals surface area (Å²) in [5, 5.41) is 0. The second kappa shape index (κ2) is 8.73. The smallest absolute Gasteiger partial charge is 0.274 e. The van der Waals surface area contributed by atoms with E-state index in [2.05, 4.69) is 21.8 Å². The Bertz CT molecular complexity index is 541. The van der Waals surface area contributed by atoms with Crippen molar-refractivity contribution in [1.82, 2.24) is 24.7 Å². The summed E-state index contributed by atoms with van der Waals surface area (Å²) < 4.78 is 0. The van der Waals surface area contributed by atoms with Crippen LogP contribution in [0.2, 0.25) is 0 Å². The van der Waals surface area contributed by atoms with Gasteiger partial charge in [-0.2, -0.15) is 0 Å². The zero-order valence-electron chi connectivity index (χ0n) is 14.8. The molecule has 7 nitrogen and oxygen atoms in total. The molecule has 0 atom stereocenters. The van der Waals surface area contributed by atoms with E-state index in [0.717, 1.165) is 32.7 Å². The molecule has 1 aliphatic heterocycles. The topological polar surface area (TPSA) is 69.6 Å². The lowest BCUT2D eigenvalue weighted by Crippen LogP contribution is -2.49. The van der Waals surface area contributed by atoms with Crippen molar-refractivity contribution in [2.45, 2.75) is 33.2 Å². The first-order chi connectivity index (χ1) is 11.5. The average Bonchev–Trinajstić information content (AvgIpc) is 2.62. The number of carbonyl (C=O) groups is 2. The molecule has 0 aliphatic carbocycles. The molecular weight excluding hydrogens is 306 g/mol. The summed E-state index contributed by atoms with van der Waals surface area (Å²) in [4.78, 5) is 38.9. The van der Waals surface area contributed by atoms with Crippen LogP contribution in [0, 0.1) is 0 Å². The molecule has 1 aromatic heterocycles. The van der Waals surface area contributed by atoms with Gasteiger partial charge in [0.25, 0.3) is 5.91 Å². The van der Waals surface area contributed by atoms with Crippen molar-refractivity contribution in [3.05, 3.63) is 24.3 Å². The molecule has 0 N–H and O–H groups in total. The normalized spacial score (nSPS) is 15.6. The van der Waals surface area contributed by atoms with E-state index in [-0.39, 0.29) is 17.9 Å². The summed E-state index contributed by atoms with van der Waals surface area (Å²) in [5.74, 6) is -0.0648. The number of hydrogen-bond donors (Lipinski definition) is 0. The first kappa shape index (κ1) is 18.3. The van der Waals surface area contributed by atoms with E-state index in [1.807, 2.05) is 18.7 Å². The minimum atomic E-state index is -0.179. The lowest BCUT2D eigenvalue weighted by Gasteiger charge is -2.34. The van der Waals surface area contributed by atoms with Crippen LogP contribution in [0.5, 0.6) is 0 Å². The quantitative estimate of drug-likeness (QED) is 0.773. The summed E-state index contributed by atoms with van der Waals surface area (Å²) in [6, 6.07) is 0.00393. The van der Waals surface area contributed by atoms with Gasteiger partial charge in [0.1, 0.15) is 5.69 Å². The Labute approximate surface area is 143 Å². The molecule has 0 unspecified atom stereocenters. The molecule has 0 bridgehead atoms. The van der Waals surface area contributed by atoms with Crippen LogP contribution in [0.4, 0.5) is 0 Å². The second-order valence-electron chi connectivity index (χ2n) is 6.25. The van der Waals surface area contributed by atoms with Gasteiger partial charge in [0, 0.05) is 57.6 Å². The van der Waals surface area contributed by atoms with Gasteiger partial charge in [-0.25, -0.2) is 4.98 Å². The Morgan fingerprint density at radius 3 is 2.46 bits per heavy atom. The average molecular weight is 333 g/mol. The van der Waals surface area contributed by atoms with Crippen molar-refractivity contribution in [3.8, 4) is 0 Å². The molecule has 2 heterocycles. The van der Waals surface area contributed by atoms with E-state index >= 15 is 0 Å². The van der Waals surface area contributed by atoms with Gasteiger partial charge in [0.15, 0.2) is 0 Å². The first-order valence-corrected chi connectivity index (χ1v) is 8.60. The predicted molar refractivity (Wildman–Crippen MR) is 91.5 cm³/mol. The minimum absolute atomic E-state index is 0.00393. The van der Waals surface area contributed by atoms with Crippen LogP contribution in [0.25, 0.3) is 0 Å². The number of amides is 2. The highest BCUT2D eigenvalue weighted by molar-refractivity contribution is 5.92. The Kier molecular flexibility index (Phi) is 6.66. The summed E-state index contributed by atoms with van der Waals surface area (Å²) in [6.45, 7) is 10.8. The maximum absolute atomic E-state index is 12.5. The molecule has 0 spiro atoms. The number of carbonyl (C=O) groups excluding carboxylic acids is 2. The minimum Gasteiger partial charge on any atom is -0.340 e. The van der Waals surface area contributed by atoms with E-state index in [0.29, 0.717) is 18.7 Å². The van der Waals surface area contributed by atoms with Gasteiger partial charge in [-0.05, 0) is 20.4 Å². The zero-order chi connectivity index (χ0) is 17.5. The monoisotopic (exact) mass is 333 g/mol. The Morgan fingerprint density at radius 1 is 1.21 bits per heavy atom. The van der Waals surface area contributed by atoms with Crippen LogP contribution in [0.15, 0.2) is 18.6 Å². The largest absolute Gasteiger partial charge is 0.340 e. The molecule has 0 saturated carbocycles. The fraction of sp³-hybridized carbons (Fsp3) is 0.647. The summed E-state index contributed by atoms with van der Waals surface area (Å²) >= 11 is 0. The summed E-state index contributed by atoms with van der Waals surface area (Å²) in [6.07, 6.45) is 4.85. The Hall–Kier alpha value is -2.02. The van der Waals surface area contributed by atoms with Crippen LogP contribution >= 0.6 is 0 Å². The highest BCUT2D eigenvalue weighted by Crippen LogP contribution is 2.09. The van der Waals surface area contributed by atoms with Crippen LogP contribution in [0.1, 0.15) is 37.7 Å². The van der Waals surface area contributed by atoms with Gasteiger partial charge in [0.2, 0.25) is 5.91 Å². The number of piperazine rings is 1. The summed E-state index contributed by atoms with van der Waals surface area (Å²) in [5.41, 5.74) is 0.315. The highest BCUT2D eigenvalue weighted by Gasteiger charge is 2.24. The lowest BCUT2D eigenvalue weighted by molar-refractivity contribution is -0.133. The van der Waals surface area contributed by atoms with Crippen molar-refractivity contribution in [3.63, 3.8) is 0 Å². The molecule has 1 aromatic rings. The van der Waals surface area contributed by atoms with E-state index in [1.54, 1.807) is 4.90 Å². The summed E-state index contributed by atoms with van der Waals surface area (Å²) in [7, 11) is 0. The van der Waals surface area contributed by atoms with Crippen LogP contribution in [-0.4, -0.2) is 81.8 Å². The lowest BCUT2D eigenvalue weighted by atomic mass is 10.2. The molecule has 1 saturated heterocycles. The van der Waals surface area contributed by atoms with Crippen LogP contribution in [0.3, 0.4) is 0 Å². The van der Waals surface area contributed by atoms with Gasteiger partial charge in [-0.15, -0.1) is 0 Å². The van der Waals surface area contributed by atoms with E-state index < -0.39 is 0 Å². The van der Waals surface area contributed by atoms with Crippen molar-refractivity contribution in [2.75, 3.05) is 39.3 Å². The molecule has 2 amide bonds. The molecule has 7 heteroatoms. The predicted octanol–water partition coefficient (Wildman–Crippen LogP) is 0.881. The molecule has 0 radical (unpaired) electrons. The third-order valence-electron chi connectivity index (χ3n) is 4.41. The second-order valence-corrected chi connectivity index (χ2v) is 6.25. The molecule has 24 heavy (non-hydrogen) atoms. The van der Waals surface area contributed by atoms with Crippen molar-refractivity contribution >= 4 is 11.8 Å². The molecule has 1 fully saturated rings. The van der Waals surface area contributed by atoms with E-state index in [1.165, 1.54) is 18.6 Å². The highest BCUT2D eigenvalue weighted by atomic mass is 16.2. The Balaban J connectivity index is 1.90. The maximum Gasteiger partial charge on any atom is 0.274 e. The third-order valence-corrected chi connectivity index (χ3v) is 4.41. The van der Waals surface area contributed by atoms with Crippen molar-refractivity contribution in [2.24, 2.45) is 0 Å². The molecular formula is C17H27N5O2. The molecule has 132 valence electrons. The number of aromatic nitrogens is 2. The fourth-order valence-electron chi connectivity index (χ4n) is 2.84.